The third kappa shape index (κ3) is 5.63. The number of aliphatic carboxylic acids is 1. The fraction of sp³-hybridized carbons (Fsp3) is 0.300. The molecule has 0 radical (unpaired) electrons. The Morgan fingerprint density at radius 1 is 1.24 bits per heavy atom. The van der Waals surface area contributed by atoms with Gasteiger partial charge in [-0.15, -0.1) is 0 Å². The zero-order chi connectivity index (χ0) is 18.1. The van der Waals surface area contributed by atoms with Crippen LogP contribution in [0.2, 0.25) is 0 Å². The van der Waals surface area contributed by atoms with Crippen molar-refractivity contribution in [3.63, 3.8) is 0 Å². The topological polar surface area (TPSA) is 79.5 Å². The number of carbonyl (C=O) groups is 1. The normalized spacial score (nSPS) is 11.5. The summed E-state index contributed by atoms with van der Waals surface area (Å²) in [5.74, 6) is -0.281. The second-order valence-electron chi connectivity index (χ2n) is 5.64. The van der Waals surface area contributed by atoms with E-state index in [1.807, 2.05) is 48.5 Å². The van der Waals surface area contributed by atoms with Crippen molar-refractivity contribution in [3.8, 4) is 11.8 Å². The highest BCUT2D eigenvalue weighted by Gasteiger charge is 2.16. The number of carboxylic acids is 1. The minimum absolute atomic E-state index is 0.290. The van der Waals surface area contributed by atoms with Gasteiger partial charge in [0.25, 0.3) is 0 Å². The highest BCUT2D eigenvalue weighted by molar-refractivity contribution is 5.72. The molecule has 0 aliphatic carbocycles. The predicted octanol–water partition coefficient (Wildman–Crippen LogP) is 3.21. The molecule has 0 aliphatic heterocycles. The summed E-state index contributed by atoms with van der Waals surface area (Å²) < 4.78 is 10.7. The van der Waals surface area contributed by atoms with E-state index in [9.17, 15) is 4.79 Å². The van der Waals surface area contributed by atoms with Crippen LogP contribution in [0.25, 0.3) is 0 Å². The molecular weight excluding hydrogens is 318 g/mol. The van der Waals surface area contributed by atoms with Crippen molar-refractivity contribution in [2.24, 2.45) is 0 Å². The number of hydrogen-bond donors (Lipinski definition) is 1. The summed E-state index contributed by atoms with van der Waals surface area (Å²) in [6, 6.07) is 17.1. The SMILES string of the molecule is COC(Cc1cccc(OCCCc2ccccc2C#N)c1)C(=O)O. The molecule has 5 nitrogen and oxygen atoms in total. The lowest BCUT2D eigenvalue weighted by molar-refractivity contribution is -0.148. The van der Waals surface area contributed by atoms with Gasteiger partial charge in [-0.05, 0) is 42.2 Å². The molecule has 0 fully saturated rings. The standard InChI is InChI=1S/C20H21NO4/c1-24-19(20(22)23)13-15-6-4-10-18(12-15)25-11-5-9-16-7-2-3-8-17(16)14-21/h2-4,6-8,10,12,19H,5,9,11,13H2,1H3,(H,22,23). The Morgan fingerprint density at radius 2 is 2.04 bits per heavy atom. The van der Waals surface area contributed by atoms with Crippen molar-refractivity contribution in [2.45, 2.75) is 25.4 Å². The molecule has 1 unspecified atom stereocenters. The van der Waals surface area contributed by atoms with Crippen LogP contribution in [0, 0.1) is 11.3 Å². The van der Waals surface area contributed by atoms with Crippen LogP contribution in [-0.2, 0) is 22.4 Å². The average Bonchev–Trinajstić information content (AvgIpc) is 2.63. The smallest absolute Gasteiger partial charge is 0.333 e. The van der Waals surface area contributed by atoms with Gasteiger partial charge >= 0.3 is 5.97 Å². The fourth-order valence-electron chi connectivity index (χ4n) is 2.55. The number of nitriles is 1. The van der Waals surface area contributed by atoms with Crippen LogP contribution in [0.5, 0.6) is 5.75 Å². The monoisotopic (exact) mass is 339 g/mol. The molecule has 0 saturated carbocycles. The predicted molar refractivity (Wildman–Crippen MR) is 93.6 cm³/mol. The molecule has 0 aliphatic rings. The zero-order valence-electron chi connectivity index (χ0n) is 14.1. The Labute approximate surface area is 147 Å². The first-order valence-electron chi connectivity index (χ1n) is 8.09. The number of rotatable bonds is 9. The minimum Gasteiger partial charge on any atom is -0.494 e. The van der Waals surface area contributed by atoms with Crippen molar-refractivity contribution in [3.05, 3.63) is 65.2 Å². The highest BCUT2D eigenvalue weighted by Crippen LogP contribution is 2.17. The van der Waals surface area contributed by atoms with E-state index in [2.05, 4.69) is 6.07 Å². The van der Waals surface area contributed by atoms with Crippen molar-refractivity contribution >= 4 is 5.97 Å². The summed E-state index contributed by atoms with van der Waals surface area (Å²) in [4.78, 5) is 11.0. The maximum absolute atomic E-state index is 11.0. The average molecular weight is 339 g/mol. The molecule has 1 atom stereocenters. The third-order valence-electron chi connectivity index (χ3n) is 3.88. The molecule has 5 heteroatoms. The van der Waals surface area contributed by atoms with E-state index in [0.717, 1.165) is 24.0 Å². The lowest BCUT2D eigenvalue weighted by atomic mass is 10.0. The van der Waals surface area contributed by atoms with Gasteiger partial charge in [-0.2, -0.15) is 5.26 Å². The molecule has 1 N–H and O–H groups in total. The summed E-state index contributed by atoms with van der Waals surface area (Å²) in [6.07, 6.45) is 0.989. The van der Waals surface area contributed by atoms with Gasteiger partial charge < -0.3 is 14.6 Å². The maximum Gasteiger partial charge on any atom is 0.333 e. The Kier molecular flexibility index (Phi) is 7.00. The number of aryl methyl sites for hydroxylation is 1. The third-order valence-corrected chi connectivity index (χ3v) is 3.88. The van der Waals surface area contributed by atoms with Crippen LogP contribution >= 0.6 is 0 Å². The van der Waals surface area contributed by atoms with E-state index in [4.69, 9.17) is 19.8 Å². The Balaban J connectivity index is 1.86. The summed E-state index contributed by atoms with van der Waals surface area (Å²) >= 11 is 0. The van der Waals surface area contributed by atoms with Gasteiger partial charge in [0, 0.05) is 13.5 Å². The molecule has 2 aromatic carbocycles. The van der Waals surface area contributed by atoms with E-state index < -0.39 is 12.1 Å². The second-order valence-corrected chi connectivity index (χ2v) is 5.64. The number of carboxylic acid groups (broad SMARTS) is 1. The maximum atomic E-state index is 11.0. The largest absolute Gasteiger partial charge is 0.494 e. The number of nitrogens with zero attached hydrogens (tertiary/aromatic N) is 1. The molecule has 0 spiro atoms. The first-order valence-corrected chi connectivity index (χ1v) is 8.09. The van der Waals surface area contributed by atoms with Gasteiger partial charge in [0.1, 0.15) is 5.75 Å². The molecule has 25 heavy (non-hydrogen) atoms. The molecule has 2 rings (SSSR count). The first-order chi connectivity index (χ1) is 12.1. The van der Waals surface area contributed by atoms with E-state index in [-0.39, 0.29) is 0 Å². The number of benzene rings is 2. The lowest BCUT2D eigenvalue weighted by Crippen LogP contribution is -2.24. The molecule has 0 amide bonds. The van der Waals surface area contributed by atoms with Gasteiger partial charge in [0.05, 0.1) is 18.2 Å². The van der Waals surface area contributed by atoms with E-state index >= 15 is 0 Å². The molecule has 0 aromatic heterocycles. The van der Waals surface area contributed by atoms with Crippen LogP contribution in [0.15, 0.2) is 48.5 Å². The van der Waals surface area contributed by atoms with Gasteiger partial charge in [0.2, 0.25) is 0 Å². The Morgan fingerprint density at radius 3 is 2.76 bits per heavy atom. The van der Waals surface area contributed by atoms with Crippen LogP contribution < -0.4 is 4.74 Å². The van der Waals surface area contributed by atoms with Gasteiger partial charge in [-0.25, -0.2) is 4.79 Å². The summed E-state index contributed by atoms with van der Waals surface area (Å²) in [5.41, 5.74) is 2.57. The van der Waals surface area contributed by atoms with Crippen molar-refractivity contribution in [2.75, 3.05) is 13.7 Å². The Bertz CT molecular complexity index is 751. The van der Waals surface area contributed by atoms with E-state index in [1.54, 1.807) is 0 Å². The van der Waals surface area contributed by atoms with Gasteiger partial charge in [-0.1, -0.05) is 30.3 Å². The highest BCUT2D eigenvalue weighted by atomic mass is 16.5. The number of ether oxygens (including phenoxy) is 2. The minimum atomic E-state index is -0.982. The van der Waals surface area contributed by atoms with Crippen LogP contribution in [0.3, 0.4) is 0 Å². The molecule has 0 saturated heterocycles. The molecule has 0 bridgehead atoms. The first kappa shape index (κ1) is 18.5. The molecule has 2 aromatic rings. The van der Waals surface area contributed by atoms with Gasteiger partial charge in [-0.3, -0.25) is 0 Å². The Hall–Kier alpha value is -2.84. The number of methoxy groups -OCH3 is 1. The quantitative estimate of drug-likeness (QED) is 0.710. The molecule has 0 heterocycles. The van der Waals surface area contributed by atoms with E-state index in [0.29, 0.717) is 24.3 Å². The van der Waals surface area contributed by atoms with Crippen LogP contribution in [-0.4, -0.2) is 30.9 Å². The molecular formula is C20H21NO4. The van der Waals surface area contributed by atoms with Crippen molar-refractivity contribution in [1.29, 1.82) is 5.26 Å². The summed E-state index contributed by atoms with van der Waals surface area (Å²) in [6.45, 7) is 0.524. The lowest BCUT2D eigenvalue weighted by Gasteiger charge is -2.12. The van der Waals surface area contributed by atoms with Crippen LogP contribution in [0.4, 0.5) is 0 Å². The summed E-state index contributed by atoms with van der Waals surface area (Å²) in [5, 5.41) is 18.1. The van der Waals surface area contributed by atoms with Crippen LogP contribution in [0.1, 0.15) is 23.1 Å². The van der Waals surface area contributed by atoms with Crippen molar-refractivity contribution in [1.82, 2.24) is 0 Å². The van der Waals surface area contributed by atoms with Gasteiger partial charge in [0.15, 0.2) is 6.10 Å². The van der Waals surface area contributed by atoms with E-state index in [1.165, 1.54) is 7.11 Å². The number of hydrogen-bond acceptors (Lipinski definition) is 4. The molecule has 130 valence electrons. The van der Waals surface area contributed by atoms with Crippen molar-refractivity contribution < 1.29 is 19.4 Å². The fourth-order valence-corrected chi connectivity index (χ4v) is 2.55. The summed E-state index contributed by atoms with van der Waals surface area (Å²) in [7, 11) is 1.39. The second kappa shape index (κ2) is 9.45. The zero-order valence-corrected chi connectivity index (χ0v) is 14.1.